The molecule has 2 heterocycles. The zero-order valence-electron chi connectivity index (χ0n) is 16.4. The van der Waals surface area contributed by atoms with Crippen LogP contribution in [0.5, 0.6) is 0 Å². The van der Waals surface area contributed by atoms with Crippen molar-refractivity contribution >= 4 is 22.8 Å². The third-order valence-corrected chi connectivity index (χ3v) is 6.06. The fourth-order valence-electron chi connectivity index (χ4n) is 3.56. The van der Waals surface area contributed by atoms with E-state index >= 15 is 0 Å². The predicted octanol–water partition coefficient (Wildman–Crippen LogP) is 6.66. The average Bonchev–Trinajstić information content (AvgIpc) is 3.19. The topological polar surface area (TPSA) is 30.7 Å². The lowest BCUT2D eigenvalue weighted by Gasteiger charge is -2.07. The van der Waals surface area contributed by atoms with Gasteiger partial charge >= 0.3 is 0 Å². The maximum absolute atomic E-state index is 13.6. The Balaban J connectivity index is 1.65. The van der Waals surface area contributed by atoms with E-state index in [-0.39, 0.29) is 11.6 Å². The summed E-state index contributed by atoms with van der Waals surface area (Å²) in [6, 6.07) is 22.9. The molecule has 152 valence electrons. The average molecular weight is 429 g/mol. The quantitative estimate of drug-likeness (QED) is 0.231. The zero-order chi connectivity index (χ0) is 21.2. The van der Waals surface area contributed by atoms with E-state index < -0.39 is 0 Å². The SMILES string of the molecule is Fc1ccc(-n2cc(-c3ccccc3)c3c(SCc4cccc(F)c4)ncnc32)cc1. The first-order valence-corrected chi connectivity index (χ1v) is 10.7. The van der Waals surface area contributed by atoms with Gasteiger partial charge in [-0.3, -0.25) is 0 Å². The molecule has 2 aromatic heterocycles. The van der Waals surface area contributed by atoms with Crippen LogP contribution in [-0.2, 0) is 5.75 Å². The van der Waals surface area contributed by atoms with Crippen molar-refractivity contribution < 1.29 is 8.78 Å². The van der Waals surface area contributed by atoms with Crippen LogP contribution in [0.1, 0.15) is 5.56 Å². The summed E-state index contributed by atoms with van der Waals surface area (Å²) in [6.07, 6.45) is 3.54. The van der Waals surface area contributed by atoms with Crippen LogP contribution in [0.3, 0.4) is 0 Å². The summed E-state index contributed by atoms with van der Waals surface area (Å²) in [5.74, 6) is 0.0441. The summed E-state index contributed by atoms with van der Waals surface area (Å²) < 4.78 is 29.0. The van der Waals surface area contributed by atoms with Gasteiger partial charge in [-0.2, -0.15) is 0 Å². The van der Waals surface area contributed by atoms with Gasteiger partial charge < -0.3 is 4.57 Å². The van der Waals surface area contributed by atoms with Crippen molar-refractivity contribution in [2.75, 3.05) is 0 Å². The normalized spacial score (nSPS) is 11.2. The van der Waals surface area contributed by atoms with Crippen molar-refractivity contribution in [1.29, 1.82) is 0 Å². The van der Waals surface area contributed by atoms with Gasteiger partial charge in [-0.15, -0.1) is 11.8 Å². The minimum absolute atomic E-state index is 0.252. The predicted molar refractivity (Wildman–Crippen MR) is 120 cm³/mol. The minimum atomic E-state index is -0.288. The van der Waals surface area contributed by atoms with E-state index in [1.165, 1.54) is 30.6 Å². The molecule has 0 saturated heterocycles. The fraction of sp³-hybridized carbons (Fsp3) is 0.0400. The molecule has 0 aliphatic carbocycles. The Kier molecular flexibility index (Phi) is 5.22. The second kappa shape index (κ2) is 8.32. The number of halogens is 2. The molecule has 0 amide bonds. The Labute approximate surface area is 182 Å². The maximum atomic E-state index is 13.6. The number of thioether (sulfide) groups is 1. The monoisotopic (exact) mass is 429 g/mol. The number of nitrogens with zero attached hydrogens (tertiary/aromatic N) is 3. The van der Waals surface area contributed by atoms with Gasteiger partial charge in [0, 0.05) is 23.2 Å². The van der Waals surface area contributed by atoms with Crippen LogP contribution < -0.4 is 0 Å². The number of hydrogen-bond donors (Lipinski definition) is 0. The highest BCUT2D eigenvalue weighted by molar-refractivity contribution is 7.98. The summed E-state index contributed by atoms with van der Waals surface area (Å²) in [7, 11) is 0. The van der Waals surface area contributed by atoms with Gasteiger partial charge in [0.2, 0.25) is 0 Å². The van der Waals surface area contributed by atoms with Gasteiger partial charge in [0.25, 0.3) is 0 Å². The molecule has 0 N–H and O–H groups in total. The van der Waals surface area contributed by atoms with E-state index in [1.807, 2.05) is 47.2 Å². The summed E-state index contributed by atoms with van der Waals surface area (Å²) in [4.78, 5) is 9.08. The highest BCUT2D eigenvalue weighted by Crippen LogP contribution is 2.37. The van der Waals surface area contributed by atoms with E-state index in [0.717, 1.165) is 38.4 Å². The van der Waals surface area contributed by atoms with Gasteiger partial charge in [-0.1, -0.05) is 42.5 Å². The Morgan fingerprint density at radius 1 is 0.806 bits per heavy atom. The third-order valence-electron chi connectivity index (χ3n) is 5.00. The van der Waals surface area contributed by atoms with Gasteiger partial charge in [0.15, 0.2) is 0 Å². The van der Waals surface area contributed by atoms with Crippen molar-refractivity contribution in [3.8, 4) is 16.8 Å². The molecule has 0 aliphatic rings. The molecule has 0 atom stereocenters. The lowest BCUT2D eigenvalue weighted by atomic mass is 10.1. The second-order valence-electron chi connectivity index (χ2n) is 7.05. The molecule has 5 rings (SSSR count). The first kappa shape index (κ1) is 19.5. The van der Waals surface area contributed by atoms with Gasteiger partial charge in [0.1, 0.15) is 28.6 Å². The highest BCUT2D eigenvalue weighted by Gasteiger charge is 2.17. The largest absolute Gasteiger partial charge is 0.301 e. The van der Waals surface area contributed by atoms with Gasteiger partial charge in [0.05, 0.1) is 5.39 Å². The fourth-order valence-corrected chi connectivity index (χ4v) is 4.51. The van der Waals surface area contributed by atoms with Crippen molar-refractivity contribution in [1.82, 2.24) is 14.5 Å². The summed E-state index contributed by atoms with van der Waals surface area (Å²) in [5.41, 5.74) is 4.46. The van der Waals surface area contributed by atoms with Crippen LogP contribution in [0, 0.1) is 11.6 Å². The lowest BCUT2D eigenvalue weighted by Crippen LogP contribution is -1.95. The molecular formula is C25H17F2N3S. The molecule has 0 aliphatic heterocycles. The maximum Gasteiger partial charge on any atom is 0.149 e. The zero-order valence-corrected chi connectivity index (χ0v) is 17.2. The van der Waals surface area contributed by atoms with E-state index in [4.69, 9.17) is 0 Å². The Hall–Kier alpha value is -3.51. The Bertz CT molecular complexity index is 1350. The summed E-state index contributed by atoms with van der Waals surface area (Å²) >= 11 is 1.54. The number of fused-ring (bicyclic) bond motifs is 1. The molecule has 6 heteroatoms. The van der Waals surface area contributed by atoms with Crippen LogP contribution in [0.25, 0.3) is 27.8 Å². The van der Waals surface area contributed by atoms with Crippen molar-refractivity contribution in [3.05, 3.63) is 109 Å². The number of rotatable bonds is 5. The molecule has 0 unspecified atom stereocenters. The Morgan fingerprint density at radius 2 is 1.61 bits per heavy atom. The molecule has 0 spiro atoms. The lowest BCUT2D eigenvalue weighted by molar-refractivity contribution is 0.626. The first-order chi connectivity index (χ1) is 15.2. The molecule has 0 radical (unpaired) electrons. The molecule has 31 heavy (non-hydrogen) atoms. The first-order valence-electron chi connectivity index (χ1n) is 9.74. The second-order valence-corrected chi connectivity index (χ2v) is 8.02. The van der Waals surface area contributed by atoms with Crippen LogP contribution in [-0.4, -0.2) is 14.5 Å². The van der Waals surface area contributed by atoms with Gasteiger partial charge in [-0.05, 0) is 47.5 Å². The van der Waals surface area contributed by atoms with Crippen molar-refractivity contribution in [3.63, 3.8) is 0 Å². The summed E-state index contributed by atoms with van der Waals surface area (Å²) in [6.45, 7) is 0. The molecule has 0 bridgehead atoms. The van der Waals surface area contributed by atoms with Crippen molar-refractivity contribution in [2.45, 2.75) is 10.8 Å². The Morgan fingerprint density at radius 3 is 2.39 bits per heavy atom. The molecule has 0 saturated carbocycles. The van der Waals surface area contributed by atoms with Gasteiger partial charge in [-0.25, -0.2) is 18.7 Å². The minimum Gasteiger partial charge on any atom is -0.301 e. The van der Waals surface area contributed by atoms with E-state index in [2.05, 4.69) is 9.97 Å². The molecule has 5 aromatic rings. The molecule has 3 nitrogen and oxygen atoms in total. The smallest absolute Gasteiger partial charge is 0.149 e. The summed E-state index contributed by atoms with van der Waals surface area (Å²) in [5, 5.41) is 1.73. The highest BCUT2D eigenvalue weighted by atomic mass is 32.2. The third kappa shape index (κ3) is 3.94. The molecular weight excluding hydrogens is 412 g/mol. The van der Waals surface area contributed by atoms with Crippen LogP contribution in [0.4, 0.5) is 8.78 Å². The van der Waals surface area contributed by atoms with E-state index in [1.54, 1.807) is 30.0 Å². The van der Waals surface area contributed by atoms with E-state index in [0.29, 0.717) is 5.75 Å². The van der Waals surface area contributed by atoms with E-state index in [9.17, 15) is 8.78 Å². The standard InChI is InChI=1S/C25H17F2N3S/c26-19-9-11-21(12-10-19)30-14-22(18-6-2-1-3-7-18)23-24(30)28-16-29-25(23)31-15-17-5-4-8-20(27)13-17/h1-14,16H,15H2. The molecule has 3 aromatic carbocycles. The van der Waals surface area contributed by atoms with Crippen LogP contribution >= 0.6 is 11.8 Å². The number of benzene rings is 3. The van der Waals surface area contributed by atoms with Crippen molar-refractivity contribution in [2.24, 2.45) is 0 Å². The molecule has 0 fully saturated rings. The number of aromatic nitrogens is 3. The van der Waals surface area contributed by atoms with Crippen LogP contribution in [0.2, 0.25) is 0 Å². The number of hydrogen-bond acceptors (Lipinski definition) is 3. The van der Waals surface area contributed by atoms with Crippen LogP contribution in [0.15, 0.2) is 96.4 Å².